The molecular formula is C21H12FNO5. The van der Waals surface area contributed by atoms with Gasteiger partial charge in [-0.05, 0) is 42.5 Å². The molecule has 2 heterocycles. The van der Waals surface area contributed by atoms with Gasteiger partial charge in [0.15, 0.2) is 5.76 Å². The molecule has 0 aliphatic rings. The van der Waals surface area contributed by atoms with Crippen LogP contribution >= 0.6 is 0 Å². The summed E-state index contributed by atoms with van der Waals surface area (Å²) in [6.45, 7) is 0. The molecule has 0 saturated heterocycles. The highest BCUT2D eigenvalue weighted by atomic mass is 19.1. The molecule has 4 aromatic rings. The summed E-state index contributed by atoms with van der Waals surface area (Å²) in [7, 11) is 0. The zero-order valence-electron chi connectivity index (χ0n) is 14.2. The second-order valence-electron chi connectivity index (χ2n) is 6.04. The van der Waals surface area contributed by atoms with Crippen molar-refractivity contribution in [2.75, 3.05) is 0 Å². The number of carboxylic acids is 2. The summed E-state index contributed by atoms with van der Waals surface area (Å²) in [4.78, 5) is 27.4. The Balaban J connectivity index is 1.86. The first-order chi connectivity index (χ1) is 13.4. The number of carboxylic acid groups (broad SMARTS) is 2. The number of aromatic nitrogens is 1. The topological polar surface area (TPSA) is 101 Å². The van der Waals surface area contributed by atoms with E-state index in [9.17, 15) is 24.2 Å². The summed E-state index contributed by atoms with van der Waals surface area (Å²) in [5.74, 6) is -2.29. The fraction of sp³-hybridized carbons (Fsp3) is 0. The molecule has 0 atom stereocenters. The molecule has 28 heavy (non-hydrogen) atoms. The average molecular weight is 377 g/mol. The van der Waals surface area contributed by atoms with Gasteiger partial charge >= 0.3 is 11.9 Å². The minimum atomic E-state index is -1.22. The monoisotopic (exact) mass is 377 g/mol. The van der Waals surface area contributed by atoms with Crippen molar-refractivity contribution in [3.63, 3.8) is 0 Å². The van der Waals surface area contributed by atoms with E-state index in [1.165, 1.54) is 24.3 Å². The van der Waals surface area contributed by atoms with Gasteiger partial charge in [-0.1, -0.05) is 18.2 Å². The summed E-state index contributed by atoms with van der Waals surface area (Å²) in [5, 5.41) is 19.0. The molecular weight excluding hydrogens is 365 g/mol. The molecule has 2 aromatic carbocycles. The smallest absolute Gasteiger partial charge is 0.336 e. The van der Waals surface area contributed by atoms with Gasteiger partial charge in [0.2, 0.25) is 0 Å². The van der Waals surface area contributed by atoms with Gasteiger partial charge in [0.1, 0.15) is 17.3 Å². The van der Waals surface area contributed by atoms with Crippen LogP contribution in [0.5, 0.6) is 0 Å². The number of fused-ring (bicyclic) bond motifs is 1. The Bertz CT molecular complexity index is 1240. The van der Waals surface area contributed by atoms with E-state index >= 15 is 0 Å². The molecule has 0 amide bonds. The van der Waals surface area contributed by atoms with Gasteiger partial charge in [-0.3, -0.25) is 0 Å². The lowest BCUT2D eigenvalue weighted by atomic mass is 10.1. The van der Waals surface area contributed by atoms with Crippen LogP contribution < -0.4 is 0 Å². The molecule has 0 saturated carbocycles. The summed E-state index contributed by atoms with van der Waals surface area (Å²) >= 11 is 0. The Labute approximate surface area is 157 Å². The lowest BCUT2D eigenvalue weighted by Gasteiger charge is -2.06. The molecule has 2 aromatic heterocycles. The van der Waals surface area contributed by atoms with Gasteiger partial charge in [-0.25, -0.2) is 19.0 Å². The number of hydrogen-bond donors (Lipinski definition) is 2. The minimum absolute atomic E-state index is 0.0802. The van der Waals surface area contributed by atoms with E-state index < -0.39 is 17.8 Å². The third kappa shape index (κ3) is 2.99. The number of benzene rings is 2. The van der Waals surface area contributed by atoms with Crippen LogP contribution in [-0.2, 0) is 0 Å². The quantitative estimate of drug-likeness (QED) is 0.535. The van der Waals surface area contributed by atoms with Gasteiger partial charge in [0.25, 0.3) is 0 Å². The maximum Gasteiger partial charge on any atom is 0.336 e. The lowest BCUT2D eigenvalue weighted by Crippen LogP contribution is -2.00. The molecule has 0 aliphatic carbocycles. The van der Waals surface area contributed by atoms with E-state index in [0.29, 0.717) is 16.8 Å². The van der Waals surface area contributed by atoms with Crippen LogP contribution in [-0.4, -0.2) is 27.1 Å². The van der Waals surface area contributed by atoms with E-state index in [1.807, 2.05) is 0 Å². The molecule has 138 valence electrons. The molecule has 0 spiro atoms. The summed E-state index contributed by atoms with van der Waals surface area (Å²) in [5.41, 5.74) is 0.915. The number of carbonyl (C=O) groups is 2. The van der Waals surface area contributed by atoms with Gasteiger partial charge in [-0.15, -0.1) is 0 Å². The van der Waals surface area contributed by atoms with Crippen molar-refractivity contribution in [3.8, 4) is 22.8 Å². The average Bonchev–Trinajstić information content (AvgIpc) is 3.17. The highest BCUT2D eigenvalue weighted by molar-refractivity contribution is 6.03. The largest absolute Gasteiger partial charge is 0.478 e. The van der Waals surface area contributed by atoms with Crippen LogP contribution in [0.1, 0.15) is 20.7 Å². The number of halogens is 1. The Morgan fingerprint density at radius 1 is 0.857 bits per heavy atom. The number of nitrogens with zero attached hydrogens (tertiary/aromatic N) is 1. The molecule has 2 N–H and O–H groups in total. The predicted octanol–water partition coefficient (Wildman–Crippen LogP) is 4.70. The van der Waals surface area contributed by atoms with Crippen LogP contribution in [0.4, 0.5) is 4.39 Å². The van der Waals surface area contributed by atoms with Crippen molar-refractivity contribution in [2.24, 2.45) is 0 Å². The standard InChI is InChI=1S/C21H12FNO5/c22-11-5-6-16-14(9-11)15(21(26)27)10-17(23-16)19-8-7-18(28-19)12-3-1-2-4-13(12)20(24)25/h1-10H,(H,24,25)(H,26,27). The van der Waals surface area contributed by atoms with Crippen LogP contribution in [0.3, 0.4) is 0 Å². The summed E-state index contributed by atoms with van der Waals surface area (Å²) in [6.07, 6.45) is 0. The van der Waals surface area contributed by atoms with Crippen molar-refractivity contribution in [3.05, 3.63) is 77.6 Å². The number of furan rings is 1. The second kappa shape index (κ2) is 6.62. The number of aromatic carboxylic acids is 2. The zero-order chi connectivity index (χ0) is 19.8. The molecule has 7 heteroatoms. The predicted molar refractivity (Wildman–Crippen MR) is 98.8 cm³/mol. The highest BCUT2D eigenvalue weighted by Crippen LogP contribution is 2.32. The van der Waals surface area contributed by atoms with Gasteiger partial charge in [-0.2, -0.15) is 0 Å². The number of hydrogen-bond acceptors (Lipinski definition) is 4. The summed E-state index contributed by atoms with van der Waals surface area (Å²) in [6, 6.07) is 14.6. The van der Waals surface area contributed by atoms with E-state index in [-0.39, 0.29) is 28.0 Å². The minimum Gasteiger partial charge on any atom is -0.478 e. The third-order valence-electron chi connectivity index (χ3n) is 4.28. The van der Waals surface area contributed by atoms with E-state index in [4.69, 9.17) is 4.42 Å². The molecule has 0 bridgehead atoms. The molecule has 0 aliphatic heterocycles. The van der Waals surface area contributed by atoms with Crippen molar-refractivity contribution >= 4 is 22.8 Å². The van der Waals surface area contributed by atoms with Gasteiger partial charge in [0, 0.05) is 10.9 Å². The summed E-state index contributed by atoms with van der Waals surface area (Å²) < 4.78 is 19.3. The van der Waals surface area contributed by atoms with Crippen LogP contribution in [0.15, 0.2) is 65.1 Å². The number of pyridine rings is 1. The Kier molecular flexibility index (Phi) is 4.12. The fourth-order valence-electron chi connectivity index (χ4n) is 3.01. The highest BCUT2D eigenvalue weighted by Gasteiger charge is 2.18. The Morgan fingerprint density at radius 3 is 2.32 bits per heavy atom. The first-order valence-corrected chi connectivity index (χ1v) is 8.20. The van der Waals surface area contributed by atoms with Crippen molar-refractivity contribution in [1.29, 1.82) is 0 Å². The Morgan fingerprint density at radius 2 is 1.57 bits per heavy atom. The van der Waals surface area contributed by atoms with Gasteiger partial charge < -0.3 is 14.6 Å². The van der Waals surface area contributed by atoms with Gasteiger partial charge in [0.05, 0.1) is 16.6 Å². The molecule has 0 unspecified atom stereocenters. The maximum absolute atomic E-state index is 13.5. The zero-order valence-corrected chi connectivity index (χ0v) is 14.2. The molecule has 6 nitrogen and oxygen atoms in total. The van der Waals surface area contributed by atoms with E-state index in [2.05, 4.69) is 4.98 Å². The van der Waals surface area contributed by atoms with Crippen LogP contribution in [0.2, 0.25) is 0 Å². The molecule has 4 rings (SSSR count). The molecule has 0 radical (unpaired) electrons. The SMILES string of the molecule is O=C(O)c1ccccc1-c1ccc(-c2cc(C(=O)O)c3cc(F)ccc3n2)o1. The third-order valence-corrected chi connectivity index (χ3v) is 4.28. The van der Waals surface area contributed by atoms with E-state index in [0.717, 1.165) is 6.07 Å². The maximum atomic E-state index is 13.5. The lowest BCUT2D eigenvalue weighted by molar-refractivity contribution is 0.0687. The molecule has 0 fully saturated rings. The Hall–Kier alpha value is -4.00. The first-order valence-electron chi connectivity index (χ1n) is 8.20. The van der Waals surface area contributed by atoms with Crippen LogP contribution in [0, 0.1) is 5.82 Å². The van der Waals surface area contributed by atoms with Crippen LogP contribution in [0.25, 0.3) is 33.7 Å². The number of rotatable bonds is 4. The normalized spacial score (nSPS) is 10.9. The fourth-order valence-corrected chi connectivity index (χ4v) is 3.01. The van der Waals surface area contributed by atoms with Crippen molar-refractivity contribution in [1.82, 2.24) is 4.98 Å². The second-order valence-corrected chi connectivity index (χ2v) is 6.04. The van der Waals surface area contributed by atoms with Crippen molar-refractivity contribution in [2.45, 2.75) is 0 Å². The van der Waals surface area contributed by atoms with Crippen molar-refractivity contribution < 1.29 is 28.6 Å². The van der Waals surface area contributed by atoms with E-state index in [1.54, 1.807) is 30.3 Å². The first kappa shape index (κ1) is 17.4.